The van der Waals surface area contributed by atoms with Crippen LogP contribution in [0.1, 0.15) is 38.3 Å². The van der Waals surface area contributed by atoms with Gasteiger partial charge in [-0.1, -0.05) is 23.7 Å². The number of benzene rings is 2. The molecular formula is C22H27ClN2O4S. The molecule has 1 N–H and O–H groups in total. The Balaban J connectivity index is 1.66. The van der Waals surface area contributed by atoms with Gasteiger partial charge in [-0.15, -0.1) is 0 Å². The van der Waals surface area contributed by atoms with Crippen LogP contribution in [0.4, 0.5) is 0 Å². The second-order valence-corrected chi connectivity index (χ2v) is 9.76. The minimum Gasteiger partial charge on any atom is -0.494 e. The van der Waals surface area contributed by atoms with Crippen molar-refractivity contribution in [1.29, 1.82) is 0 Å². The first kappa shape index (κ1) is 22.6. The van der Waals surface area contributed by atoms with E-state index in [0.29, 0.717) is 36.8 Å². The van der Waals surface area contributed by atoms with Crippen LogP contribution in [0, 0.1) is 5.92 Å². The van der Waals surface area contributed by atoms with E-state index in [-0.39, 0.29) is 29.3 Å². The lowest BCUT2D eigenvalue weighted by molar-refractivity contribution is -0.126. The fraction of sp³-hybridized carbons (Fsp3) is 0.409. The Morgan fingerprint density at radius 1 is 1.20 bits per heavy atom. The van der Waals surface area contributed by atoms with E-state index in [4.69, 9.17) is 16.3 Å². The fourth-order valence-corrected chi connectivity index (χ4v) is 5.21. The van der Waals surface area contributed by atoms with Crippen molar-refractivity contribution in [3.05, 3.63) is 59.1 Å². The summed E-state index contributed by atoms with van der Waals surface area (Å²) in [6.07, 6.45) is 1.30. The standard InChI is InChI=1S/C22H27ClN2O4S/c1-3-29-20-10-12-21(13-11-20)30(27,28)25-14-4-5-18(15-25)22(26)24-16(2)17-6-8-19(23)9-7-17/h6-13,16,18H,3-5,14-15H2,1-2H3,(H,24,26). The van der Waals surface area contributed by atoms with Crippen molar-refractivity contribution in [1.82, 2.24) is 9.62 Å². The SMILES string of the molecule is CCOc1ccc(S(=O)(=O)N2CCCC(C(=O)NC(C)c3ccc(Cl)cc3)C2)cc1. The molecule has 2 aromatic carbocycles. The topological polar surface area (TPSA) is 75.7 Å². The predicted octanol–water partition coefficient (Wildman–Crippen LogP) is 4.02. The lowest BCUT2D eigenvalue weighted by Crippen LogP contribution is -2.45. The summed E-state index contributed by atoms with van der Waals surface area (Å²) in [5.74, 6) is 0.110. The van der Waals surface area contributed by atoms with E-state index < -0.39 is 10.0 Å². The van der Waals surface area contributed by atoms with Gasteiger partial charge in [0, 0.05) is 18.1 Å². The molecule has 0 aromatic heterocycles. The van der Waals surface area contributed by atoms with E-state index in [1.165, 1.54) is 4.31 Å². The van der Waals surface area contributed by atoms with Crippen LogP contribution in [0.5, 0.6) is 5.75 Å². The molecule has 2 atom stereocenters. The number of sulfonamides is 1. The molecule has 0 radical (unpaired) electrons. The normalized spacial score (nSPS) is 18.6. The van der Waals surface area contributed by atoms with Crippen molar-refractivity contribution in [2.45, 2.75) is 37.6 Å². The average molecular weight is 451 g/mol. The van der Waals surface area contributed by atoms with Crippen LogP contribution in [0.15, 0.2) is 53.4 Å². The molecule has 162 valence electrons. The van der Waals surface area contributed by atoms with Crippen LogP contribution >= 0.6 is 11.6 Å². The molecule has 2 unspecified atom stereocenters. The van der Waals surface area contributed by atoms with Gasteiger partial charge in [0.25, 0.3) is 0 Å². The molecule has 1 aliphatic heterocycles. The molecule has 1 heterocycles. The summed E-state index contributed by atoms with van der Waals surface area (Å²) in [4.78, 5) is 13.0. The van der Waals surface area contributed by atoms with Crippen LogP contribution in [-0.2, 0) is 14.8 Å². The monoisotopic (exact) mass is 450 g/mol. The van der Waals surface area contributed by atoms with E-state index in [1.807, 2.05) is 26.0 Å². The second-order valence-electron chi connectivity index (χ2n) is 7.39. The molecule has 0 bridgehead atoms. The summed E-state index contributed by atoms with van der Waals surface area (Å²) in [7, 11) is -3.66. The highest BCUT2D eigenvalue weighted by molar-refractivity contribution is 7.89. The number of halogens is 1. The number of rotatable bonds is 7. The van der Waals surface area contributed by atoms with Gasteiger partial charge in [0.05, 0.1) is 23.5 Å². The average Bonchev–Trinajstić information content (AvgIpc) is 2.75. The summed E-state index contributed by atoms with van der Waals surface area (Å²) in [5.41, 5.74) is 0.947. The number of carbonyl (C=O) groups is 1. The summed E-state index contributed by atoms with van der Waals surface area (Å²) >= 11 is 5.92. The molecule has 8 heteroatoms. The van der Waals surface area contributed by atoms with Gasteiger partial charge in [0.1, 0.15) is 5.75 Å². The maximum Gasteiger partial charge on any atom is 0.243 e. The maximum absolute atomic E-state index is 13.0. The number of hydrogen-bond acceptors (Lipinski definition) is 4. The third kappa shape index (κ3) is 5.33. The second kappa shape index (κ2) is 9.81. The number of carbonyl (C=O) groups excluding carboxylic acids is 1. The van der Waals surface area contributed by atoms with Gasteiger partial charge >= 0.3 is 0 Å². The van der Waals surface area contributed by atoms with E-state index in [1.54, 1.807) is 36.4 Å². The van der Waals surface area contributed by atoms with Crippen LogP contribution in [0.2, 0.25) is 5.02 Å². The zero-order valence-corrected chi connectivity index (χ0v) is 18.7. The molecule has 2 aromatic rings. The molecule has 1 aliphatic rings. The van der Waals surface area contributed by atoms with Crippen molar-refractivity contribution in [3.63, 3.8) is 0 Å². The predicted molar refractivity (Wildman–Crippen MR) is 117 cm³/mol. The minimum absolute atomic E-state index is 0.135. The van der Waals surface area contributed by atoms with Gasteiger partial charge in [-0.25, -0.2) is 8.42 Å². The third-order valence-electron chi connectivity index (χ3n) is 5.26. The van der Waals surface area contributed by atoms with Gasteiger partial charge in [-0.3, -0.25) is 4.79 Å². The first-order chi connectivity index (χ1) is 14.3. The molecular weight excluding hydrogens is 424 g/mol. The molecule has 30 heavy (non-hydrogen) atoms. The maximum atomic E-state index is 13.0. The molecule has 1 amide bonds. The van der Waals surface area contributed by atoms with Crippen molar-refractivity contribution in [3.8, 4) is 5.75 Å². The van der Waals surface area contributed by atoms with Crippen LogP contribution in [-0.4, -0.2) is 38.3 Å². The number of ether oxygens (including phenoxy) is 1. The van der Waals surface area contributed by atoms with Crippen LogP contribution in [0.3, 0.4) is 0 Å². The fourth-order valence-electron chi connectivity index (χ4n) is 3.56. The Bertz CT molecular complexity index is 962. The molecule has 0 spiro atoms. The summed E-state index contributed by atoms with van der Waals surface area (Å²) in [5, 5.41) is 3.64. The van der Waals surface area contributed by atoms with Crippen molar-refractivity contribution in [2.75, 3.05) is 19.7 Å². The van der Waals surface area contributed by atoms with Crippen LogP contribution < -0.4 is 10.1 Å². The van der Waals surface area contributed by atoms with Gasteiger partial charge in [-0.2, -0.15) is 4.31 Å². The number of piperidine rings is 1. The Labute approximate surface area is 183 Å². The van der Waals surface area contributed by atoms with Gasteiger partial charge in [0.15, 0.2) is 0 Å². The summed E-state index contributed by atoms with van der Waals surface area (Å²) in [6, 6.07) is 13.5. The Hall–Kier alpha value is -2.09. The molecule has 0 saturated carbocycles. The smallest absolute Gasteiger partial charge is 0.243 e. The Kier molecular flexibility index (Phi) is 7.39. The number of amides is 1. The van der Waals surface area contributed by atoms with Crippen molar-refractivity contribution in [2.24, 2.45) is 5.92 Å². The highest BCUT2D eigenvalue weighted by Crippen LogP contribution is 2.26. The molecule has 6 nitrogen and oxygen atoms in total. The Morgan fingerprint density at radius 3 is 2.50 bits per heavy atom. The first-order valence-corrected chi connectivity index (χ1v) is 11.9. The van der Waals surface area contributed by atoms with E-state index in [2.05, 4.69) is 5.32 Å². The molecule has 1 saturated heterocycles. The zero-order valence-electron chi connectivity index (χ0n) is 17.2. The Morgan fingerprint density at radius 2 is 1.87 bits per heavy atom. The van der Waals surface area contributed by atoms with E-state index in [9.17, 15) is 13.2 Å². The number of nitrogens with one attached hydrogen (secondary N) is 1. The number of nitrogens with zero attached hydrogens (tertiary/aromatic N) is 1. The van der Waals surface area contributed by atoms with E-state index in [0.717, 1.165) is 5.56 Å². The zero-order chi connectivity index (χ0) is 21.7. The number of hydrogen-bond donors (Lipinski definition) is 1. The highest BCUT2D eigenvalue weighted by Gasteiger charge is 2.33. The highest BCUT2D eigenvalue weighted by atomic mass is 35.5. The van der Waals surface area contributed by atoms with Gasteiger partial charge in [0.2, 0.25) is 15.9 Å². The first-order valence-electron chi connectivity index (χ1n) is 10.1. The lowest BCUT2D eigenvalue weighted by atomic mass is 9.98. The molecule has 3 rings (SSSR count). The summed E-state index contributed by atoms with van der Waals surface area (Å²) < 4.78 is 32.9. The van der Waals surface area contributed by atoms with Crippen molar-refractivity contribution >= 4 is 27.5 Å². The summed E-state index contributed by atoms with van der Waals surface area (Å²) in [6.45, 7) is 4.88. The molecule has 1 fully saturated rings. The van der Waals surface area contributed by atoms with Crippen molar-refractivity contribution < 1.29 is 17.9 Å². The largest absolute Gasteiger partial charge is 0.494 e. The third-order valence-corrected chi connectivity index (χ3v) is 7.39. The van der Waals surface area contributed by atoms with Gasteiger partial charge < -0.3 is 10.1 Å². The van der Waals surface area contributed by atoms with E-state index >= 15 is 0 Å². The van der Waals surface area contributed by atoms with Gasteiger partial charge in [-0.05, 0) is 68.7 Å². The molecule has 0 aliphatic carbocycles. The quantitative estimate of drug-likeness (QED) is 0.691. The minimum atomic E-state index is -3.66. The van der Waals surface area contributed by atoms with Crippen LogP contribution in [0.25, 0.3) is 0 Å². The lowest BCUT2D eigenvalue weighted by Gasteiger charge is -2.32.